The summed E-state index contributed by atoms with van der Waals surface area (Å²) in [7, 11) is -4.77. The van der Waals surface area contributed by atoms with E-state index in [1.807, 2.05) is 12.1 Å². The summed E-state index contributed by atoms with van der Waals surface area (Å²) in [5.41, 5.74) is 17.2. The van der Waals surface area contributed by atoms with E-state index in [0.717, 1.165) is 99.2 Å². The zero-order valence-electron chi connectivity index (χ0n) is 35.6. The van der Waals surface area contributed by atoms with Crippen LogP contribution in [0.15, 0.2) is 175 Å². The predicted molar refractivity (Wildman–Crippen MR) is 271 cm³/mol. The molecular formula is C58H38O4Si2. The molecule has 0 radical (unpaired) electrons. The van der Waals surface area contributed by atoms with Crippen molar-refractivity contribution in [2.75, 3.05) is 0 Å². The summed E-state index contributed by atoms with van der Waals surface area (Å²) in [5, 5.41) is 15.4. The maximum atomic E-state index is 6.96. The zero-order chi connectivity index (χ0) is 42.4. The summed E-state index contributed by atoms with van der Waals surface area (Å²) in [5.74, 6) is 0. The molecule has 13 aromatic rings. The van der Waals surface area contributed by atoms with Gasteiger partial charge in [0.1, 0.15) is 60.8 Å². The van der Waals surface area contributed by atoms with Crippen LogP contribution in [0.2, 0.25) is 26.2 Å². The zero-order valence-corrected chi connectivity index (χ0v) is 37.6. The molecule has 0 fully saturated rings. The van der Waals surface area contributed by atoms with Gasteiger partial charge in [-0.3, -0.25) is 0 Å². The second-order valence-electron chi connectivity index (χ2n) is 19.1. The minimum atomic E-state index is -2.38. The molecule has 0 atom stereocenters. The van der Waals surface area contributed by atoms with Gasteiger partial charge in [0, 0.05) is 54.2 Å². The first kappa shape index (κ1) is 35.1. The van der Waals surface area contributed by atoms with Crippen molar-refractivity contribution in [2.24, 2.45) is 0 Å². The van der Waals surface area contributed by atoms with Gasteiger partial charge in [-0.05, 0) is 103 Å². The van der Waals surface area contributed by atoms with E-state index in [-0.39, 0.29) is 0 Å². The van der Waals surface area contributed by atoms with E-state index in [4.69, 9.17) is 17.7 Å². The molecule has 4 nitrogen and oxygen atoms in total. The molecule has 302 valence electrons. The smallest absolute Gasteiger partial charge is 0.143 e. The van der Waals surface area contributed by atoms with E-state index in [1.54, 1.807) is 10.4 Å². The van der Waals surface area contributed by atoms with Crippen LogP contribution in [-0.2, 0) is 0 Å². The minimum Gasteiger partial charge on any atom is -0.456 e. The average Bonchev–Trinajstić information content (AvgIpc) is 4.15. The van der Waals surface area contributed by atoms with Crippen LogP contribution in [0.4, 0.5) is 0 Å². The molecule has 64 heavy (non-hydrogen) atoms. The summed E-state index contributed by atoms with van der Waals surface area (Å²) in [6, 6.07) is 57.1. The molecule has 0 unspecified atom stereocenters. The van der Waals surface area contributed by atoms with E-state index >= 15 is 0 Å². The summed E-state index contributed by atoms with van der Waals surface area (Å²) in [6.07, 6.45) is 0. The Hall–Kier alpha value is -7.39. The highest BCUT2D eigenvalue weighted by Gasteiger charge is 2.49. The second kappa shape index (κ2) is 11.8. The summed E-state index contributed by atoms with van der Waals surface area (Å²) in [4.78, 5) is 0. The lowest BCUT2D eigenvalue weighted by atomic mass is 9.91. The highest BCUT2D eigenvalue weighted by molar-refractivity contribution is 7.13. The van der Waals surface area contributed by atoms with E-state index in [2.05, 4.69) is 172 Å². The maximum Gasteiger partial charge on any atom is 0.143 e. The number of hydrogen-bond acceptors (Lipinski definition) is 4. The Balaban J connectivity index is 0.992. The van der Waals surface area contributed by atoms with Gasteiger partial charge in [0.15, 0.2) is 0 Å². The van der Waals surface area contributed by atoms with Crippen molar-refractivity contribution in [3.05, 3.63) is 158 Å². The summed E-state index contributed by atoms with van der Waals surface area (Å²) >= 11 is 0. The van der Waals surface area contributed by atoms with Gasteiger partial charge in [0.05, 0.1) is 0 Å². The van der Waals surface area contributed by atoms with Crippen LogP contribution in [-0.4, -0.2) is 16.1 Å². The largest absolute Gasteiger partial charge is 0.456 e. The van der Waals surface area contributed by atoms with Crippen LogP contribution in [0, 0.1) is 0 Å². The maximum absolute atomic E-state index is 6.96. The van der Waals surface area contributed by atoms with Crippen LogP contribution in [0.1, 0.15) is 0 Å². The highest BCUT2D eigenvalue weighted by Crippen LogP contribution is 2.49. The fourth-order valence-electron chi connectivity index (χ4n) is 12.1. The first-order chi connectivity index (χ1) is 31.2. The Kier molecular flexibility index (Phi) is 6.47. The van der Waals surface area contributed by atoms with E-state index in [0.29, 0.717) is 0 Å². The van der Waals surface area contributed by atoms with Crippen molar-refractivity contribution < 1.29 is 17.7 Å². The third kappa shape index (κ3) is 4.28. The molecule has 0 N–H and O–H groups in total. The quantitative estimate of drug-likeness (QED) is 0.163. The van der Waals surface area contributed by atoms with Crippen molar-refractivity contribution in [1.29, 1.82) is 0 Å². The molecule has 4 aromatic heterocycles. The lowest BCUT2D eigenvalue weighted by Gasteiger charge is -2.28. The standard InChI is InChI=1S/C58H38O4Si2/c1-63(2)49-29-41(31-21-23-35-33-13-5-9-17-43(33)59-47(35)27-31)55-53(37-15-7-11-19-45(37)61-55)51(49)39-25-26-40-52-50(64(3,4)58(40)57(39)63)30-42(56-54(52)38-16-8-12-20-46(38)62-56)32-22-24-36-34-14-6-10-18-44(34)60-48(36)28-32/h5-30H,1-4H3. The number of rotatable bonds is 2. The number of benzene rings is 9. The van der Waals surface area contributed by atoms with Crippen LogP contribution in [0.25, 0.3) is 132 Å². The third-order valence-electron chi connectivity index (χ3n) is 15.0. The van der Waals surface area contributed by atoms with Gasteiger partial charge in [-0.15, -0.1) is 0 Å². The topological polar surface area (TPSA) is 52.6 Å². The summed E-state index contributed by atoms with van der Waals surface area (Å²) in [6.45, 7) is 10.3. The molecule has 2 aliphatic heterocycles. The Morgan fingerprint density at radius 3 is 1.09 bits per heavy atom. The number of fused-ring (bicyclic) bond motifs is 21. The minimum absolute atomic E-state index is 0.890. The van der Waals surface area contributed by atoms with Gasteiger partial charge in [-0.1, -0.05) is 135 Å². The van der Waals surface area contributed by atoms with Gasteiger partial charge in [-0.2, -0.15) is 0 Å². The van der Waals surface area contributed by atoms with Crippen molar-refractivity contribution in [3.8, 4) is 44.5 Å². The second-order valence-corrected chi connectivity index (χ2v) is 27.7. The van der Waals surface area contributed by atoms with Crippen LogP contribution < -0.4 is 20.7 Å². The first-order valence-corrected chi connectivity index (χ1v) is 28.2. The number of hydrogen-bond donors (Lipinski definition) is 0. The molecule has 6 heteroatoms. The van der Waals surface area contributed by atoms with Crippen LogP contribution in [0.3, 0.4) is 0 Å². The van der Waals surface area contributed by atoms with Crippen molar-refractivity contribution in [3.63, 3.8) is 0 Å². The van der Waals surface area contributed by atoms with Gasteiger partial charge in [-0.25, -0.2) is 0 Å². The Morgan fingerprint density at radius 2 is 0.672 bits per heavy atom. The average molecular weight is 855 g/mol. The van der Waals surface area contributed by atoms with E-state index in [1.165, 1.54) is 43.4 Å². The predicted octanol–water partition coefficient (Wildman–Crippen LogP) is 14.2. The van der Waals surface area contributed by atoms with E-state index in [9.17, 15) is 0 Å². The number of para-hydroxylation sites is 4. The van der Waals surface area contributed by atoms with Gasteiger partial charge in [0.25, 0.3) is 0 Å². The molecular weight excluding hydrogens is 817 g/mol. The molecule has 0 amide bonds. The molecule has 0 bridgehead atoms. The molecule has 9 aromatic carbocycles. The molecule has 0 spiro atoms. The Bertz CT molecular complexity index is 3990. The summed E-state index contributed by atoms with van der Waals surface area (Å²) < 4.78 is 26.8. The fraction of sp³-hybridized carbons (Fsp3) is 0.0690. The molecule has 2 aliphatic rings. The Labute approximate surface area is 369 Å². The fourth-order valence-corrected chi connectivity index (χ4v) is 20.6. The lowest BCUT2D eigenvalue weighted by Crippen LogP contribution is -2.63. The van der Waals surface area contributed by atoms with Crippen molar-refractivity contribution in [2.45, 2.75) is 26.2 Å². The van der Waals surface area contributed by atoms with Crippen molar-refractivity contribution in [1.82, 2.24) is 0 Å². The molecule has 0 saturated heterocycles. The SMILES string of the molecule is C[Si]1(C)c2cc(-c3ccc4c(c3)oc3ccccc34)c3oc4ccccc4c3c2-c2ccc3c(c21)[Si](C)(C)c1cc(-c2ccc4c(c2)oc2ccccc24)c2oc4ccccc4c2c1-3. The normalized spacial score (nSPS) is 14.8. The Morgan fingerprint density at radius 1 is 0.312 bits per heavy atom. The highest BCUT2D eigenvalue weighted by atomic mass is 28.3. The van der Waals surface area contributed by atoms with Gasteiger partial charge in [0.2, 0.25) is 0 Å². The first-order valence-electron chi connectivity index (χ1n) is 22.2. The van der Waals surface area contributed by atoms with Crippen LogP contribution >= 0.6 is 0 Å². The third-order valence-corrected chi connectivity index (χ3v) is 22.3. The molecule has 0 saturated carbocycles. The lowest BCUT2D eigenvalue weighted by molar-refractivity contribution is 0.667. The van der Waals surface area contributed by atoms with Gasteiger partial charge < -0.3 is 17.7 Å². The molecule has 6 heterocycles. The van der Waals surface area contributed by atoms with E-state index < -0.39 is 16.1 Å². The number of furan rings is 4. The van der Waals surface area contributed by atoms with Gasteiger partial charge >= 0.3 is 0 Å². The monoisotopic (exact) mass is 854 g/mol. The van der Waals surface area contributed by atoms with Crippen molar-refractivity contribution >= 4 is 125 Å². The molecule has 15 rings (SSSR count). The molecule has 0 aliphatic carbocycles. The van der Waals surface area contributed by atoms with Crippen LogP contribution in [0.5, 0.6) is 0 Å².